The molecule has 270 valence electrons. The molecule has 0 aliphatic heterocycles. The Morgan fingerprint density at radius 3 is 2.23 bits per heavy atom. The molecule has 0 N–H and O–H groups in total. The summed E-state index contributed by atoms with van der Waals surface area (Å²) < 4.78 is 8.89. The van der Waals surface area contributed by atoms with Crippen LogP contribution in [0, 0.1) is 5.92 Å². The van der Waals surface area contributed by atoms with E-state index in [-0.39, 0.29) is 5.41 Å². The quantitative estimate of drug-likeness (QED) is 0.180. The Balaban J connectivity index is 0.979. The first-order valence-corrected chi connectivity index (χ1v) is 20.5. The van der Waals surface area contributed by atoms with Gasteiger partial charge in [-0.1, -0.05) is 153 Å². The van der Waals surface area contributed by atoms with E-state index in [0.29, 0.717) is 17.7 Å². The van der Waals surface area contributed by atoms with Crippen LogP contribution in [0.25, 0.3) is 97.9 Å². The highest BCUT2D eigenvalue weighted by molar-refractivity contribution is 7.26. The predicted octanol–water partition coefficient (Wildman–Crippen LogP) is 14.7. The van der Waals surface area contributed by atoms with Gasteiger partial charge in [0.05, 0.1) is 15.9 Å². The van der Waals surface area contributed by atoms with E-state index in [1.165, 1.54) is 37.7 Å². The van der Waals surface area contributed by atoms with Gasteiger partial charge in [-0.15, -0.1) is 11.3 Å². The first kappa shape index (κ1) is 32.6. The third-order valence-corrected chi connectivity index (χ3v) is 13.8. The van der Waals surface area contributed by atoms with Crippen LogP contribution in [-0.4, -0.2) is 9.97 Å². The number of rotatable bonds is 4. The molecule has 2 aliphatic rings. The molecule has 2 atom stereocenters. The van der Waals surface area contributed by atoms with Gasteiger partial charge >= 0.3 is 0 Å². The summed E-state index contributed by atoms with van der Waals surface area (Å²) in [6.07, 6.45) is 9.19. The minimum Gasteiger partial charge on any atom is -0.456 e. The molecular formula is C53H36N2OS. The van der Waals surface area contributed by atoms with Crippen LogP contribution in [0.4, 0.5) is 0 Å². The van der Waals surface area contributed by atoms with E-state index in [0.717, 1.165) is 65.5 Å². The average Bonchev–Trinajstić information content (AvgIpc) is 3.90. The maximum Gasteiger partial charge on any atom is 0.161 e. The summed E-state index contributed by atoms with van der Waals surface area (Å²) >= 11 is 1.76. The number of hydrogen-bond acceptors (Lipinski definition) is 4. The molecule has 0 fully saturated rings. The Labute approximate surface area is 334 Å². The molecule has 0 bridgehead atoms. The smallest absolute Gasteiger partial charge is 0.161 e. The standard InChI is InChI=1S/C53H36N2OS/c1-53(2)43-15-7-5-12-38(43)42-29-36(25-27-44(42)53)32-18-21-33(22-19-32)49-51-50(40-13-6-8-17-47(40)57-51)55-52(54-49)41-14-9-16-45-48(41)39-26-24-37(30-46(39)56-45)35-23-20-31-10-3-4-11-34(31)28-35/h3-30,38,43H,1-2H3. The highest BCUT2D eigenvalue weighted by atomic mass is 32.1. The molecule has 0 amide bonds. The summed E-state index contributed by atoms with van der Waals surface area (Å²) in [5.41, 5.74) is 13.4. The number of benzene rings is 7. The normalized spacial score (nSPS) is 16.9. The molecule has 0 saturated carbocycles. The van der Waals surface area contributed by atoms with E-state index >= 15 is 0 Å². The molecule has 2 aliphatic carbocycles. The number of furan rings is 1. The zero-order valence-corrected chi connectivity index (χ0v) is 32.3. The topological polar surface area (TPSA) is 38.9 Å². The lowest BCUT2D eigenvalue weighted by atomic mass is 9.74. The summed E-state index contributed by atoms with van der Waals surface area (Å²) in [6, 6.07) is 52.5. The van der Waals surface area contributed by atoms with Gasteiger partial charge in [0.25, 0.3) is 0 Å². The van der Waals surface area contributed by atoms with Crippen LogP contribution in [0.1, 0.15) is 30.9 Å². The molecule has 57 heavy (non-hydrogen) atoms. The van der Waals surface area contributed by atoms with Gasteiger partial charge in [0, 0.05) is 37.9 Å². The Bertz CT molecular complexity index is 3340. The van der Waals surface area contributed by atoms with Crippen LogP contribution in [0.15, 0.2) is 174 Å². The van der Waals surface area contributed by atoms with Gasteiger partial charge < -0.3 is 4.42 Å². The fourth-order valence-corrected chi connectivity index (χ4v) is 10.8. The molecule has 3 aromatic heterocycles. The molecular weight excluding hydrogens is 713 g/mol. The van der Waals surface area contributed by atoms with Gasteiger partial charge in [-0.3, -0.25) is 0 Å². The van der Waals surface area contributed by atoms with Crippen LogP contribution < -0.4 is 0 Å². The summed E-state index contributed by atoms with van der Waals surface area (Å²) in [5, 5.41) is 5.69. The van der Waals surface area contributed by atoms with Gasteiger partial charge in [-0.2, -0.15) is 0 Å². The van der Waals surface area contributed by atoms with E-state index in [4.69, 9.17) is 14.4 Å². The predicted molar refractivity (Wildman–Crippen MR) is 239 cm³/mol. The third kappa shape index (κ3) is 4.97. The summed E-state index contributed by atoms with van der Waals surface area (Å²) in [5.74, 6) is 1.61. The van der Waals surface area contributed by atoms with Crippen LogP contribution >= 0.6 is 11.3 Å². The average molecular weight is 749 g/mol. The van der Waals surface area contributed by atoms with Crippen molar-refractivity contribution >= 4 is 64.4 Å². The molecule has 0 radical (unpaired) electrons. The van der Waals surface area contributed by atoms with Crippen molar-refractivity contribution in [2.24, 2.45) is 5.92 Å². The Morgan fingerprint density at radius 1 is 0.579 bits per heavy atom. The SMILES string of the molecule is CC1(C)c2ccc(-c3ccc(-c4nc(-c5cccc6oc7cc(-c8ccc9ccccc9c8)ccc7c56)nc5c4sc4ccccc45)cc3)cc2C2C=CC=CC21. The second-order valence-electron chi connectivity index (χ2n) is 16.1. The van der Waals surface area contributed by atoms with E-state index in [9.17, 15) is 0 Å². The highest BCUT2D eigenvalue weighted by Crippen LogP contribution is 2.53. The molecule has 3 heterocycles. The van der Waals surface area contributed by atoms with Crippen LogP contribution in [0.3, 0.4) is 0 Å². The Morgan fingerprint density at radius 2 is 1.32 bits per heavy atom. The van der Waals surface area contributed by atoms with Crippen molar-refractivity contribution in [3.63, 3.8) is 0 Å². The first-order chi connectivity index (χ1) is 28.0. The fourth-order valence-electron chi connectivity index (χ4n) is 9.67. The molecule has 2 unspecified atom stereocenters. The van der Waals surface area contributed by atoms with Crippen molar-refractivity contribution in [2.45, 2.75) is 25.2 Å². The largest absolute Gasteiger partial charge is 0.456 e. The number of aromatic nitrogens is 2. The van der Waals surface area contributed by atoms with Crippen molar-refractivity contribution in [3.8, 4) is 44.9 Å². The zero-order valence-electron chi connectivity index (χ0n) is 31.5. The maximum absolute atomic E-state index is 6.58. The summed E-state index contributed by atoms with van der Waals surface area (Å²) in [4.78, 5) is 10.8. The van der Waals surface area contributed by atoms with Gasteiger partial charge in [-0.05, 0) is 85.8 Å². The van der Waals surface area contributed by atoms with E-state index in [2.05, 4.69) is 178 Å². The highest BCUT2D eigenvalue weighted by Gasteiger charge is 2.44. The van der Waals surface area contributed by atoms with Crippen LogP contribution in [-0.2, 0) is 5.41 Å². The Kier molecular flexibility index (Phi) is 6.97. The number of allylic oxidation sites excluding steroid dienone is 4. The first-order valence-electron chi connectivity index (χ1n) is 19.7. The number of nitrogens with zero attached hydrogens (tertiary/aromatic N) is 2. The molecule has 3 nitrogen and oxygen atoms in total. The second-order valence-corrected chi connectivity index (χ2v) is 17.2. The molecule has 4 heteroatoms. The number of thiophene rings is 1. The molecule has 0 spiro atoms. The lowest BCUT2D eigenvalue weighted by molar-refractivity contribution is 0.394. The van der Waals surface area contributed by atoms with Gasteiger partial charge in [0.1, 0.15) is 11.2 Å². The third-order valence-electron chi connectivity index (χ3n) is 12.6. The van der Waals surface area contributed by atoms with E-state index in [1.807, 2.05) is 6.07 Å². The van der Waals surface area contributed by atoms with Crippen LogP contribution in [0.2, 0.25) is 0 Å². The lowest BCUT2D eigenvalue weighted by Crippen LogP contribution is -2.24. The number of fused-ring (bicyclic) bond motifs is 10. The molecule has 12 rings (SSSR count). The molecule has 7 aromatic carbocycles. The monoisotopic (exact) mass is 748 g/mol. The lowest BCUT2D eigenvalue weighted by Gasteiger charge is -2.29. The van der Waals surface area contributed by atoms with Gasteiger partial charge in [0.2, 0.25) is 0 Å². The van der Waals surface area contributed by atoms with E-state index < -0.39 is 0 Å². The summed E-state index contributed by atoms with van der Waals surface area (Å²) in [7, 11) is 0. The van der Waals surface area contributed by atoms with Crippen molar-refractivity contribution in [2.75, 3.05) is 0 Å². The van der Waals surface area contributed by atoms with Crippen molar-refractivity contribution in [3.05, 3.63) is 181 Å². The number of hydrogen-bond donors (Lipinski definition) is 0. The van der Waals surface area contributed by atoms with E-state index in [1.54, 1.807) is 11.3 Å². The zero-order chi connectivity index (χ0) is 37.8. The van der Waals surface area contributed by atoms with Crippen molar-refractivity contribution in [1.29, 1.82) is 0 Å². The minimum absolute atomic E-state index is 0.109. The van der Waals surface area contributed by atoms with Gasteiger partial charge in [-0.25, -0.2) is 9.97 Å². The van der Waals surface area contributed by atoms with Crippen molar-refractivity contribution in [1.82, 2.24) is 9.97 Å². The summed E-state index contributed by atoms with van der Waals surface area (Å²) in [6.45, 7) is 4.77. The second kappa shape index (κ2) is 12.2. The Hall–Kier alpha value is -6.62. The fraction of sp³-hybridized carbons (Fsp3) is 0.0943. The maximum atomic E-state index is 6.58. The molecule has 0 saturated heterocycles. The molecule has 10 aromatic rings. The van der Waals surface area contributed by atoms with Crippen LogP contribution in [0.5, 0.6) is 0 Å². The van der Waals surface area contributed by atoms with Gasteiger partial charge in [0.15, 0.2) is 5.82 Å². The van der Waals surface area contributed by atoms with Crippen molar-refractivity contribution < 1.29 is 4.42 Å². The minimum atomic E-state index is 0.109.